The summed E-state index contributed by atoms with van der Waals surface area (Å²) in [6.45, 7) is 7.98. The van der Waals surface area contributed by atoms with Crippen molar-refractivity contribution in [2.75, 3.05) is 0 Å². The van der Waals surface area contributed by atoms with Crippen molar-refractivity contribution in [2.24, 2.45) is 0 Å². The fourth-order valence-electron chi connectivity index (χ4n) is 2.21. The minimum Gasteiger partial charge on any atom is -0.403 e. The number of Topliss-reactive ketones (excluding diaryl/α,β-unsaturated/α-hetero) is 1. The lowest BCUT2D eigenvalue weighted by atomic mass is 9.81. The Bertz CT molecular complexity index is 556. The number of rotatable bonds is 4. The lowest BCUT2D eigenvalue weighted by molar-refractivity contribution is 0.00578. The summed E-state index contributed by atoms with van der Waals surface area (Å²) >= 11 is 0. The van der Waals surface area contributed by atoms with Gasteiger partial charge in [-0.3, -0.25) is 4.79 Å². The van der Waals surface area contributed by atoms with E-state index in [-0.39, 0.29) is 24.1 Å². The maximum Gasteiger partial charge on any atom is 0.458 e. The first-order valence-electron chi connectivity index (χ1n) is 7.14. The van der Waals surface area contributed by atoms with Gasteiger partial charge in [-0.25, -0.2) is 0 Å². The SMILES string of the molecule is CC1(C)OB(CCC(=O)c2ccc(C#N)cc2)OC1(C)C. The monoisotopic (exact) mass is 285 g/mol. The van der Waals surface area contributed by atoms with Crippen molar-refractivity contribution in [1.29, 1.82) is 5.26 Å². The first kappa shape index (κ1) is 15.7. The zero-order chi connectivity index (χ0) is 15.7. The zero-order valence-corrected chi connectivity index (χ0v) is 13.0. The Morgan fingerprint density at radius 3 is 2.14 bits per heavy atom. The van der Waals surface area contributed by atoms with Gasteiger partial charge in [-0.05, 0) is 46.1 Å². The Morgan fingerprint density at radius 1 is 1.14 bits per heavy atom. The van der Waals surface area contributed by atoms with Gasteiger partial charge < -0.3 is 9.31 Å². The Balaban J connectivity index is 1.92. The summed E-state index contributed by atoms with van der Waals surface area (Å²) in [5.74, 6) is 0.0363. The van der Waals surface area contributed by atoms with Crippen LogP contribution in [-0.4, -0.2) is 24.1 Å². The van der Waals surface area contributed by atoms with Crippen LogP contribution in [0, 0.1) is 11.3 Å². The van der Waals surface area contributed by atoms with Gasteiger partial charge in [-0.2, -0.15) is 5.26 Å². The van der Waals surface area contributed by atoms with E-state index >= 15 is 0 Å². The molecule has 0 spiro atoms. The van der Waals surface area contributed by atoms with E-state index in [1.54, 1.807) is 24.3 Å². The molecule has 1 aliphatic rings. The minimum atomic E-state index is -0.366. The summed E-state index contributed by atoms with van der Waals surface area (Å²) in [5.41, 5.74) is 0.438. The summed E-state index contributed by atoms with van der Waals surface area (Å²) < 4.78 is 11.7. The molecule has 1 heterocycles. The Labute approximate surface area is 126 Å². The summed E-state index contributed by atoms with van der Waals surface area (Å²) in [6, 6.07) is 8.72. The maximum atomic E-state index is 12.1. The van der Waals surface area contributed by atoms with Gasteiger partial charge >= 0.3 is 7.12 Å². The molecule has 1 aromatic carbocycles. The van der Waals surface area contributed by atoms with Crippen LogP contribution in [0.25, 0.3) is 0 Å². The number of nitrogens with zero attached hydrogens (tertiary/aromatic N) is 1. The molecule has 1 saturated heterocycles. The van der Waals surface area contributed by atoms with E-state index in [2.05, 4.69) is 0 Å². The third-order valence-electron chi connectivity index (χ3n) is 4.25. The highest BCUT2D eigenvalue weighted by atomic mass is 16.7. The summed E-state index contributed by atoms with van der Waals surface area (Å²) in [7, 11) is -0.350. The van der Waals surface area contributed by atoms with Gasteiger partial charge in [-0.1, -0.05) is 12.1 Å². The smallest absolute Gasteiger partial charge is 0.403 e. The molecule has 0 N–H and O–H groups in total. The van der Waals surface area contributed by atoms with Gasteiger partial charge in [-0.15, -0.1) is 0 Å². The predicted octanol–water partition coefficient (Wildman–Crippen LogP) is 3.22. The van der Waals surface area contributed by atoms with Crippen LogP contribution in [0.3, 0.4) is 0 Å². The van der Waals surface area contributed by atoms with Crippen molar-refractivity contribution in [2.45, 2.75) is 51.6 Å². The van der Waals surface area contributed by atoms with Gasteiger partial charge in [0.15, 0.2) is 5.78 Å². The van der Waals surface area contributed by atoms with E-state index in [0.29, 0.717) is 23.9 Å². The molecular formula is C16H20BNO3. The molecular weight excluding hydrogens is 265 g/mol. The number of carbonyl (C=O) groups is 1. The van der Waals surface area contributed by atoms with Crippen LogP contribution in [-0.2, 0) is 9.31 Å². The molecule has 110 valence electrons. The van der Waals surface area contributed by atoms with Crippen molar-refractivity contribution in [3.8, 4) is 6.07 Å². The van der Waals surface area contributed by atoms with Crippen LogP contribution in [0.1, 0.15) is 50.0 Å². The highest BCUT2D eigenvalue weighted by Gasteiger charge is 2.50. The average molecular weight is 285 g/mol. The lowest BCUT2D eigenvalue weighted by Crippen LogP contribution is -2.41. The molecule has 0 bridgehead atoms. The Kier molecular flexibility index (Phi) is 4.22. The molecule has 5 heteroatoms. The van der Waals surface area contributed by atoms with Gasteiger partial charge in [0.05, 0.1) is 22.8 Å². The third kappa shape index (κ3) is 3.34. The zero-order valence-electron chi connectivity index (χ0n) is 13.0. The molecule has 2 rings (SSSR count). The molecule has 0 saturated carbocycles. The number of carbonyl (C=O) groups excluding carboxylic acids is 1. The van der Waals surface area contributed by atoms with Gasteiger partial charge in [0.2, 0.25) is 0 Å². The van der Waals surface area contributed by atoms with Crippen LogP contribution in [0.4, 0.5) is 0 Å². The second-order valence-electron chi connectivity index (χ2n) is 6.34. The van der Waals surface area contributed by atoms with Crippen molar-refractivity contribution in [1.82, 2.24) is 0 Å². The van der Waals surface area contributed by atoms with Gasteiger partial charge in [0, 0.05) is 12.0 Å². The molecule has 0 radical (unpaired) electrons. The van der Waals surface area contributed by atoms with Crippen LogP contribution in [0.15, 0.2) is 24.3 Å². The number of nitriles is 1. The van der Waals surface area contributed by atoms with Crippen molar-refractivity contribution >= 4 is 12.9 Å². The van der Waals surface area contributed by atoms with Gasteiger partial charge in [0.1, 0.15) is 0 Å². The molecule has 0 unspecified atom stereocenters. The summed E-state index contributed by atoms with van der Waals surface area (Å²) in [5, 5.41) is 8.74. The number of benzene rings is 1. The summed E-state index contributed by atoms with van der Waals surface area (Å²) in [6.07, 6.45) is 0.897. The molecule has 1 aromatic rings. The molecule has 0 aromatic heterocycles. The van der Waals surface area contributed by atoms with Gasteiger partial charge in [0.25, 0.3) is 0 Å². The fourth-order valence-corrected chi connectivity index (χ4v) is 2.21. The largest absolute Gasteiger partial charge is 0.458 e. The standard InChI is InChI=1S/C16H20BNO3/c1-15(2)16(3,4)21-17(20-15)10-9-14(19)13-7-5-12(11-18)6-8-13/h5-8H,9-10H2,1-4H3. The normalized spacial score (nSPS) is 19.3. The number of ketones is 1. The minimum absolute atomic E-state index is 0.0363. The number of hydrogen-bond acceptors (Lipinski definition) is 4. The molecule has 4 nitrogen and oxygen atoms in total. The van der Waals surface area contributed by atoms with Crippen molar-refractivity contribution in [3.05, 3.63) is 35.4 Å². The molecule has 0 atom stereocenters. The van der Waals surface area contributed by atoms with E-state index < -0.39 is 0 Å². The Morgan fingerprint density at radius 2 is 1.67 bits per heavy atom. The highest BCUT2D eigenvalue weighted by Crippen LogP contribution is 2.38. The maximum absolute atomic E-state index is 12.1. The molecule has 0 aliphatic carbocycles. The second kappa shape index (κ2) is 5.63. The summed E-state index contributed by atoms with van der Waals surface area (Å²) in [4.78, 5) is 12.1. The highest BCUT2D eigenvalue weighted by molar-refractivity contribution is 6.46. The van der Waals surface area contributed by atoms with Crippen molar-refractivity contribution < 1.29 is 14.1 Å². The quantitative estimate of drug-likeness (QED) is 0.629. The molecule has 1 fully saturated rings. The van der Waals surface area contributed by atoms with Crippen LogP contribution in [0.2, 0.25) is 6.32 Å². The number of hydrogen-bond donors (Lipinski definition) is 0. The first-order valence-corrected chi connectivity index (χ1v) is 7.14. The van der Waals surface area contributed by atoms with Crippen LogP contribution in [0.5, 0.6) is 0 Å². The topological polar surface area (TPSA) is 59.3 Å². The fraction of sp³-hybridized carbons (Fsp3) is 0.500. The second-order valence-corrected chi connectivity index (χ2v) is 6.34. The lowest BCUT2D eigenvalue weighted by Gasteiger charge is -2.32. The van der Waals surface area contributed by atoms with Crippen molar-refractivity contribution in [3.63, 3.8) is 0 Å². The van der Waals surface area contributed by atoms with E-state index in [1.807, 2.05) is 33.8 Å². The predicted molar refractivity (Wildman–Crippen MR) is 81.0 cm³/mol. The van der Waals surface area contributed by atoms with Crippen LogP contribution < -0.4 is 0 Å². The first-order chi connectivity index (χ1) is 9.75. The van der Waals surface area contributed by atoms with E-state index in [0.717, 1.165) is 0 Å². The molecule has 0 amide bonds. The average Bonchev–Trinajstić information content (AvgIpc) is 2.64. The van der Waals surface area contributed by atoms with Crippen LogP contribution >= 0.6 is 0 Å². The molecule has 1 aliphatic heterocycles. The van der Waals surface area contributed by atoms with E-state index in [9.17, 15) is 4.79 Å². The third-order valence-corrected chi connectivity index (χ3v) is 4.25. The van der Waals surface area contributed by atoms with E-state index in [1.165, 1.54) is 0 Å². The Hall–Kier alpha value is -1.64. The molecule has 21 heavy (non-hydrogen) atoms. The van der Waals surface area contributed by atoms with E-state index in [4.69, 9.17) is 14.6 Å².